The van der Waals surface area contributed by atoms with E-state index in [1.165, 1.54) is 16.0 Å². The molecule has 1 aliphatic heterocycles. The van der Waals surface area contributed by atoms with Gasteiger partial charge < -0.3 is 10.1 Å². The standard InChI is InChI=1S/C18H23NOS/c1-13(9-16-5-4-8-21-16)19-12-14-6-7-17-15(10-14)11-18(2,3)20-17/h4-8,10,13,19H,9,11-12H2,1-3H3. The third-order valence-corrected chi connectivity index (χ3v) is 4.77. The smallest absolute Gasteiger partial charge is 0.123 e. The Kier molecular flexibility index (Phi) is 4.05. The SMILES string of the molecule is CC(Cc1cccs1)NCc1ccc2c(c1)CC(C)(C)O2. The summed E-state index contributed by atoms with van der Waals surface area (Å²) in [6.07, 6.45) is 2.10. The molecule has 0 spiro atoms. The Morgan fingerprint density at radius 1 is 1.33 bits per heavy atom. The Bertz CT molecular complexity index is 604. The Morgan fingerprint density at radius 3 is 2.95 bits per heavy atom. The molecule has 0 fully saturated rings. The number of fused-ring (bicyclic) bond motifs is 1. The van der Waals surface area contributed by atoms with Crippen LogP contribution < -0.4 is 10.1 Å². The van der Waals surface area contributed by atoms with Crippen LogP contribution in [0, 0.1) is 0 Å². The number of benzene rings is 1. The van der Waals surface area contributed by atoms with E-state index in [0.717, 1.165) is 25.1 Å². The van der Waals surface area contributed by atoms with Gasteiger partial charge in [-0.1, -0.05) is 18.2 Å². The molecule has 2 aromatic rings. The van der Waals surface area contributed by atoms with Crippen LogP contribution in [0.3, 0.4) is 0 Å². The molecule has 1 aromatic carbocycles. The van der Waals surface area contributed by atoms with Gasteiger partial charge in [-0.05, 0) is 55.8 Å². The van der Waals surface area contributed by atoms with Gasteiger partial charge in [0.05, 0.1) is 0 Å². The van der Waals surface area contributed by atoms with Crippen LogP contribution in [-0.2, 0) is 19.4 Å². The van der Waals surface area contributed by atoms with Crippen LogP contribution in [0.25, 0.3) is 0 Å². The van der Waals surface area contributed by atoms with Gasteiger partial charge >= 0.3 is 0 Å². The number of ether oxygens (including phenoxy) is 1. The minimum absolute atomic E-state index is 0.0547. The van der Waals surface area contributed by atoms with Crippen LogP contribution in [0.2, 0.25) is 0 Å². The second-order valence-electron chi connectivity index (χ2n) is 6.55. The van der Waals surface area contributed by atoms with Crippen LogP contribution >= 0.6 is 11.3 Å². The highest BCUT2D eigenvalue weighted by Crippen LogP contribution is 2.35. The van der Waals surface area contributed by atoms with E-state index in [4.69, 9.17) is 4.74 Å². The van der Waals surface area contributed by atoms with Crippen LogP contribution in [0.5, 0.6) is 5.75 Å². The van der Waals surface area contributed by atoms with E-state index in [9.17, 15) is 0 Å². The summed E-state index contributed by atoms with van der Waals surface area (Å²) in [5.41, 5.74) is 2.62. The molecule has 1 aromatic heterocycles. The molecule has 1 unspecified atom stereocenters. The summed E-state index contributed by atoms with van der Waals surface area (Å²) in [6.45, 7) is 7.46. The lowest BCUT2D eigenvalue weighted by Gasteiger charge is -2.16. The molecule has 21 heavy (non-hydrogen) atoms. The van der Waals surface area contributed by atoms with E-state index >= 15 is 0 Å². The molecule has 0 amide bonds. The highest BCUT2D eigenvalue weighted by atomic mass is 32.1. The number of hydrogen-bond acceptors (Lipinski definition) is 3. The molecule has 0 saturated carbocycles. The lowest BCUT2D eigenvalue weighted by molar-refractivity contribution is 0.138. The van der Waals surface area contributed by atoms with Gasteiger partial charge in [-0.3, -0.25) is 0 Å². The molecule has 2 heterocycles. The first-order valence-electron chi connectivity index (χ1n) is 7.58. The summed E-state index contributed by atoms with van der Waals surface area (Å²) >= 11 is 1.83. The molecule has 1 aliphatic rings. The van der Waals surface area contributed by atoms with Gasteiger partial charge in [-0.25, -0.2) is 0 Å². The Labute approximate surface area is 131 Å². The molecule has 2 nitrogen and oxygen atoms in total. The fraction of sp³-hybridized carbons (Fsp3) is 0.444. The summed E-state index contributed by atoms with van der Waals surface area (Å²) in [6, 6.07) is 11.4. The van der Waals surface area contributed by atoms with E-state index < -0.39 is 0 Å². The fourth-order valence-electron chi connectivity index (χ4n) is 2.87. The average Bonchev–Trinajstić information content (AvgIpc) is 3.01. The average molecular weight is 301 g/mol. The van der Waals surface area contributed by atoms with Crippen molar-refractivity contribution in [2.45, 2.75) is 51.8 Å². The third kappa shape index (κ3) is 3.66. The number of nitrogens with one attached hydrogen (secondary N) is 1. The predicted molar refractivity (Wildman–Crippen MR) is 89.2 cm³/mol. The lowest BCUT2D eigenvalue weighted by atomic mass is 10.00. The molecule has 1 N–H and O–H groups in total. The molecular formula is C18H23NOS. The maximum Gasteiger partial charge on any atom is 0.123 e. The van der Waals surface area contributed by atoms with Gasteiger partial charge in [0, 0.05) is 23.9 Å². The molecule has 3 rings (SSSR count). The van der Waals surface area contributed by atoms with Crippen molar-refractivity contribution < 1.29 is 4.74 Å². The zero-order valence-electron chi connectivity index (χ0n) is 13.0. The molecule has 1 atom stereocenters. The van der Waals surface area contributed by atoms with Crippen molar-refractivity contribution in [2.75, 3.05) is 0 Å². The molecule has 3 heteroatoms. The molecule has 112 valence electrons. The van der Waals surface area contributed by atoms with E-state index in [2.05, 4.69) is 61.8 Å². The van der Waals surface area contributed by atoms with Crippen molar-refractivity contribution >= 4 is 11.3 Å². The van der Waals surface area contributed by atoms with Crippen molar-refractivity contribution in [3.63, 3.8) is 0 Å². The predicted octanol–water partition coefficient (Wildman–Crippen LogP) is 4.18. The summed E-state index contributed by atoms with van der Waals surface area (Å²) in [4.78, 5) is 1.44. The van der Waals surface area contributed by atoms with Crippen LogP contribution in [0.15, 0.2) is 35.7 Å². The van der Waals surface area contributed by atoms with Gasteiger partial charge in [-0.15, -0.1) is 11.3 Å². The largest absolute Gasteiger partial charge is 0.487 e. The maximum absolute atomic E-state index is 5.93. The van der Waals surface area contributed by atoms with Crippen LogP contribution in [0.4, 0.5) is 0 Å². The zero-order chi connectivity index (χ0) is 14.9. The van der Waals surface area contributed by atoms with Crippen molar-refractivity contribution in [2.24, 2.45) is 0 Å². The minimum atomic E-state index is -0.0547. The van der Waals surface area contributed by atoms with Gasteiger partial charge in [0.25, 0.3) is 0 Å². The van der Waals surface area contributed by atoms with Gasteiger partial charge in [0.2, 0.25) is 0 Å². The van der Waals surface area contributed by atoms with Crippen molar-refractivity contribution in [3.05, 3.63) is 51.7 Å². The molecule has 0 radical (unpaired) electrons. The van der Waals surface area contributed by atoms with Crippen molar-refractivity contribution in [1.29, 1.82) is 0 Å². The second kappa shape index (κ2) is 5.82. The van der Waals surface area contributed by atoms with Gasteiger partial charge in [0.1, 0.15) is 11.4 Å². The van der Waals surface area contributed by atoms with Crippen molar-refractivity contribution in [3.8, 4) is 5.75 Å². The summed E-state index contributed by atoms with van der Waals surface area (Å²) < 4.78 is 5.93. The minimum Gasteiger partial charge on any atom is -0.487 e. The van der Waals surface area contributed by atoms with Crippen LogP contribution in [-0.4, -0.2) is 11.6 Å². The van der Waals surface area contributed by atoms with Gasteiger partial charge in [0.15, 0.2) is 0 Å². The molecular weight excluding hydrogens is 278 g/mol. The van der Waals surface area contributed by atoms with E-state index in [-0.39, 0.29) is 5.60 Å². The highest BCUT2D eigenvalue weighted by molar-refractivity contribution is 7.09. The third-order valence-electron chi connectivity index (χ3n) is 3.87. The van der Waals surface area contributed by atoms with Crippen molar-refractivity contribution in [1.82, 2.24) is 5.32 Å². The normalized spacial score (nSPS) is 17.3. The molecule has 0 bridgehead atoms. The summed E-state index contributed by atoms with van der Waals surface area (Å²) in [5.74, 6) is 1.05. The number of rotatable bonds is 5. The summed E-state index contributed by atoms with van der Waals surface area (Å²) in [5, 5.41) is 5.76. The molecule has 0 saturated heterocycles. The Morgan fingerprint density at radius 2 is 2.19 bits per heavy atom. The maximum atomic E-state index is 5.93. The van der Waals surface area contributed by atoms with Gasteiger partial charge in [-0.2, -0.15) is 0 Å². The lowest BCUT2D eigenvalue weighted by Crippen LogP contribution is -2.27. The monoisotopic (exact) mass is 301 g/mol. The Hall–Kier alpha value is -1.32. The van der Waals surface area contributed by atoms with E-state index in [1.807, 2.05) is 11.3 Å². The number of thiophene rings is 1. The fourth-order valence-corrected chi connectivity index (χ4v) is 3.70. The van der Waals surface area contributed by atoms with Crippen LogP contribution in [0.1, 0.15) is 36.8 Å². The number of hydrogen-bond donors (Lipinski definition) is 1. The quantitative estimate of drug-likeness (QED) is 0.894. The first-order chi connectivity index (χ1) is 10.0. The second-order valence-corrected chi connectivity index (χ2v) is 7.58. The first kappa shape index (κ1) is 14.6. The highest BCUT2D eigenvalue weighted by Gasteiger charge is 2.29. The topological polar surface area (TPSA) is 21.3 Å². The summed E-state index contributed by atoms with van der Waals surface area (Å²) in [7, 11) is 0. The Balaban J connectivity index is 1.57. The van der Waals surface area contributed by atoms with E-state index in [1.54, 1.807) is 0 Å². The molecule has 0 aliphatic carbocycles. The van der Waals surface area contributed by atoms with E-state index in [0.29, 0.717) is 6.04 Å². The zero-order valence-corrected chi connectivity index (χ0v) is 13.8. The first-order valence-corrected chi connectivity index (χ1v) is 8.46.